The van der Waals surface area contributed by atoms with Crippen LogP contribution in [-0.4, -0.2) is 26.9 Å². The van der Waals surface area contributed by atoms with Crippen LogP contribution in [0.25, 0.3) is 0 Å². The Hall–Kier alpha value is -1.69. The molecule has 0 saturated heterocycles. The van der Waals surface area contributed by atoms with E-state index in [2.05, 4.69) is 30.4 Å². The summed E-state index contributed by atoms with van der Waals surface area (Å²) in [4.78, 5) is 19.1. The number of hydrogen-bond acceptors (Lipinski definition) is 4. The molecule has 3 unspecified atom stereocenters. The molecule has 2 N–H and O–H groups in total. The second-order valence-corrected chi connectivity index (χ2v) is 6.40. The highest BCUT2D eigenvalue weighted by atomic mass is 32.1. The smallest absolute Gasteiger partial charge is 0.264 e. The number of nitrogens with one attached hydrogen (secondary N) is 1. The molecule has 1 aromatic heterocycles. The van der Waals surface area contributed by atoms with E-state index in [9.17, 15) is 9.90 Å². The van der Waals surface area contributed by atoms with Gasteiger partial charge in [-0.1, -0.05) is 32.8 Å². The minimum atomic E-state index is -0.414. The summed E-state index contributed by atoms with van der Waals surface area (Å²) in [6, 6.07) is 0.193. The van der Waals surface area contributed by atoms with E-state index in [1.807, 2.05) is 0 Å². The SMILES string of the molecule is C=CCn1c(O)c(C=NC2CCCC(C)C2C)c(=O)[nH]c1=S. The second-order valence-electron chi connectivity index (χ2n) is 6.01. The quantitative estimate of drug-likeness (QED) is 0.509. The first kappa shape index (κ1) is 16.7. The summed E-state index contributed by atoms with van der Waals surface area (Å²) in [6.45, 7) is 8.39. The molecular weight excluding hydrogens is 298 g/mol. The molecule has 1 saturated carbocycles. The third-order valence-electron chi connectivity index (χ3n) is 4.58. The number of nitrogens with zero attached hydrogens (tertiary/aromatic N) is 2. The molecule has 0 spiro atoms. The van der Waals surface area contributed by atoms with Crippen LogP contribution < -0.4 is 5.56 Å². The van der Waals surface area contributed by atoms with E-state index in [0.29, 0.717) is 18.4 Å². The summed E-state index contributed by atoms with van der Waals surface area (Å²) in [6.07, 6.45) is 6.49. The Kier molecular flexibility index (Phi) is 5.34. The van der Waals surface area contributed by atoms with Crippen molar-refractivity contribution in [2.45, 2.75) is 45.7 Å². The van der Waals surface area contributed by atoms with Gasteiger partial charge in [-0.3, -0.25) is 19.3 Å². The molecule has 120 valence electrons. The molecule has 6 heteroatoms. The van der Waals surface area contributed by atoms with Crippen LogP contribution in [0.15, 0.2) is 22.4 Å². The van der Waals surface area contributed by atoms with Crippen molar-refractivity contribution in [2.75, 3.05) is 0 Å². The lowest BCUT2D eigenvalue weighted by Crippen LogP contribution is -2.28. The molecule has 1 aliphatic carbocycles. The van der Waals surface area contributed by atoms with Crippen LogP contribution >= 0.6 is 12.2 Å². The highest BCUT2D eigenvalue weighted by Crippen LogP contribution is 2.31. The molecule has 22 heavy (non-hydrogen) atoms. The number of aliphatic imine (C=N–C) groups is 1. The average molecular weight is 321 g/mol. The fourth-order valence-electron chi connectivity index (χ4n) is 2.92. The van der Waals surface area contributed by atoms with Crippen LogP contribution in [0.4, 0.5) is 0 Å². The lowest BCUT2D eigenvalue weighted by atomic mass is 9.78. The van der Waals surface area contributed by atoms with Crippen molar-refractivity contribution in [3.05, 3.63) is 33.3 Å². The normalized spacial score (nSPS) is 25.5. The van der Waals surface area contributed by atoms with E-state index in [1.54, 1.807) is 6.08 Å². The minimum Gasteiger partial charge on any atom is -0.494 e. The van der Waals surface area contributed by atoms with Gasteiger partial charge in [-0.25, -0.2) is 0 Å². The van der Waals surface area contributed by atoms with Gasteiger partial charge < -0.3 is 5.11 Å². The first-order valence-electron chi connectivity index (χ1n) is 7.65. The third kappa shape index (κ3) is 3.38. The molecule has 1 heterocycles. The first-order valence-corrected chi connectivity index (χ1v) is 8.06. The van der Waals surface area contributed by atoms with E-state index < -0.39 is 5.56 Å². The van der Waals surface area contributed by atoms with Gasteiger partial charge in [0, 0.05) is 12.8 Å². The Morgan fingerprint density at radius 1 is 1.50 bits per heavy atom. The van der Waals surface area contributed by atoms with Crippen molar-refractivity contribution in [3.8, 4) is 5.88 Å². The van der Waals surface area contributed by atoms with Crippen molar-refractivity contribution >= 4 is 18.4 Å². The predicted octanol–water partition coefficient (Wildman–Crippen LogP) is 3.04. The summed E-state index contributed by atoms with van der Waals surface area (Å²) in [5.41, 5.74) is -0.260. The van der Waals surface area contributed by atoms with E-state index in [4.69, 9.17) is 12.2 Å². The standard InChI is InChI=1S/C16H23N3O2S/c1-4-8-19-15(21)12(14(20)18-16(19)22)9-17-13-7-5-6-10(2)11(13)3/h4,9-11,13,21H,1,5-8H2,2-3H3,(H,18,20,22). The second kappa shape index (κ2) is 7.05. The van der Waals surface area contributed by atoms with E-state index in [0.717, 1.165) is 12.8 Å². The first-order chi connectivity index (χ1) is 10.5. The zero-order valence-electron chi connectivity index (χ0n) is 13.1. The van der Waals surface area contributed by atoms with Gasteiger partial charge in [-0.05, 0) is 30.5 Å². The van der Waals surface area contributed by atoms with Gasteiger partial charge >= 0.3 is 0 Å². The van der Waals surface area contributed by atoms with Gasteiger partial charge in [0.1, 0.15) is 5.56 Å². The van der Waals surface area contributed by atoms with Gasteiger partial charge in [0.25, 0.3) is 5.56 Å². The maximum Gasteiger partial charge on any atom is 0.264 e. The molecule has 0 bridgehead atoms. The highest BCUT2D eigenvalue weighted by molar-refractivity contribution is 7.71. The van der Waals surface area contributed by atoms with Gasteiger partial charge in [0.15, 0.2) is 4.77 Å². The summed E-state index contributed by atoms with van der Waals surface area (Å²) in [7, 11) is 0. The van der Waals surface area contributed by atoms with Crippen LogP contribution in [0, 0.1) is 16.6 Å². The maximum absolute atomic E-state index is 12.0. The number of rotatable bonds is 4. The van der Waals surface area contributed by atoms with Crippen molar-refractivity contribution < 1.29 is 5.11 Å². The molecule has 0 aliphatic heterocycles. The molecule has 0 amide bonds. The molecular formula is C16H23N3O2S. The van der Waals surface area contributed by atoms with Crippen molar-refractivity contribution in [1.82, 2.24) is 9.55 Å². The van der Waals surface area contributed by atoms with Gasteiger partial charge in [0.2, 0.25) is 5.88 Å². The zero-order chi connectivity index (χ0) is 16.3. The fourth-order valence-corrected chi connectivity index (χ4v) is 3.18. The summed E-state index contributed by atoms with van der Waals surface area (Å²) in [5.74, 6) is 0.946. The number of aromatic hydroxyl groups is 1. The topological polar surface area (TPSA) is 70.4 Å². The number of allylic oxidation sites excluding steroid dienone is 1. The minimum absolute atomic E-state index is 0.154. The van der Waals surface area contributed by atoms with E-state index in [-0.39, 0.29) is 22.3 Å². The summed E-state index contributed by atoms with van der Waals surface area (Å²) < 4.78 is 1.61. The Morgan fingerprint density at radius 3 is 2.91 bits per heavy atom. The van der Waals surface area contributed by atoms with Crippen LogP contribution in [0.3, 0.4) is 0 Å². The van der Waals surface area contributed by atoms with E-state index >= 15 is 0 Å². The summed E-state index contributed by atoms with van der Waals surface area (Å²) in [5, 5.41) is 10.3. The molecule has 1 aromatic rings. The van der Waals surface area contributed by atoms with E-state index in [1.165, 1.54) is 17.2 Å². The summed E-state index contributed by atoms with van der Waals surface area (Å²) >= 11 is 5.05. The van der Waals surface area contributed by atoms with Gasteiger partial charge in [0.05, 0.1) is 6.04 Å². The van der Waals surface area contributed by atoms with Crippen molar-refractivity contribution in [3.63, 3.8) is 0 Å². The Labute approximate surface area is 135 Å². The lowest BCUT2D eigenvalue weighted by Gasteiger charge is -2.31. The molecule has 5 nitrogen and oxygen atoms in total. The monoisotopic (exact) mass is 321 g/mol. The molecule has 2 rings (SSSR count). The maximum atomic E-state index is 12.0. The van der Waals surface area contributed by atoms with Crippen LogP contribution in [0.5, 0.6) is 5.88 Å². The average Bonchev–Trinajstić information content (AvgIpc) is 2.47. The van der Waals surface area contributed by atoms with Crippen LogP contribution in [0.2, 0.25) is 0 Å². The number of aromatic amines is 1. The lowest BCUT2D eigenvalue weighted by molar-refractivity contribution is 0.242. The number of H-pyrrole nitrogens is 1. The van der Waals surface area contributed by atoms with Crippen LogP contribution in [0.1, 0.15) is 38.7 Å². The zero-order valence-corrected chi connectivity index (χ0v) is 13.9. The molecule has 1 fully saturated rings. The number of hydrogen-bond donors (Lipinski definition) is 2. The van der Waals surface area contributed by atoms with Crippen molar-refractivity contribution in [1.29, 1.82) is 0 Å². The van der Waals surface area contributed by atoms with Gasteiger partial charge in [-0.15, -0.1) is 6.58 Å². The highest BCUT2D eigenvalue weighted by Gasteiger charge is 2.26. The van der Waals surface area contributed by atoms with Crippen LogP contribution in [-0.2, 0) is 6.54 Å². The van der Waals surface area contributed by atoms with Crippen molar-refractivity contribution in [2.24, 2.45) is 16.8 Å². The Balaban J connectivity index is 2.35. The molecule has 0 radical (unpaired) electrons. The predicted molar refractivity (Wildman–Crippen MR) is 91.3 cm³/mol. The fraction of sp³-hybridized carbons (Fsp3) is 0.562. The largest absolute Gasteiger partial charge is 0.494 e. The third-order valence-corrected chi connectivity index (χ3v) is 4.90. The molecule has 3 atom stereocenters. The van der Waals surface area contributed by atoms with Gasteiger partial charge in [-0.2, -0.15) is 0 Å². The molecule has 1 aliphatic rings. The number of aromatic nitrogens is 2. The Bertz CT molecular complexity index is 690. The molecule has 0 aromatic carbocycles. The Morgan fingerprint density at radius 2 is 2.23 bits per heavy atom.